The molecule has 1 saturated heterocycles. The predicted molar refractivity (Wildman–Crippen MR) is 137 cm³/mol. The average Bonchev–Trinajstić information content (AvgIpc) is 3.50. The van der Waals surface area contributed by atoms with Gasteiger partial charge in [0.15, 0.2) is 5.69 Å². The van der Waals surface area contributed by atoms with Gasteiger partial charge >= 0.3 is 21.8 Å². The number of piperidine rings is 1. The highest BCUT2D eigenvalue weighted by molar-refractivity contribution is 7.88. The molecule has 18 heteroatoms. The van der Waals surface area contributed by atoms with E-state index in [-0.39, 0.29) is 42.8 Å². The number of fused-ring (bicyclic) bond motifs is 1. The Hall–Kier alpha value is -3.22. The lowest BCUT2D eigenvalue weighted by atomic mass is 9.97. The maximum absolute atomic E-state index is 12.9. The van der Waals surface area contributed by atoms with E-state index in [0.29, 0.717) is 37.2 Å². The van der Waals surface area contributed by atoms with Crippen molar-refractivity contribution in [3.05, 3.63) is 62.9 Å². The van der Waals surface area contributed by atoms with Crippen LogP contribution in [0.2, 0.25) is 0 Å². The van der Waals surface area contributed by atoms with Crippen molar-refractivity contribution in [2.24, 2.45) is 0 Å². The van der Waals surface area contributed by atoms with Crippen LogP contribution in [0.4, 0.5) is 26.3 Å². The second kappa shape index (κ2) is 11.7. The third-order valence-electron chi connectivity index (χ3n) is 7.02. The highest BCUT2D eigenvalue weighted by Crippen LogP contribution is 2.37. The summed E-state index contributed by atoms with van der Waals surface area (Å²) in [7, 11) is -5.88. The van der Waals surface area contributed by atoms with Crippen molar-refractivity contribution in [3.8, 4) is 5.75 Å². The number of nitrogens with zero attached hydrogens (tertiary/aromatic N) is 4. The van der Waals surface area contributed by atoms with Gasteiger partial charge in [-0.05, 0) is 37.5 Å². The summed E-state index contributed by atoms with van der Waals surface area (Å²) in [5.74, 6) is -0.853. The molecular formula is C25H24F6N4O6S2. The first-order valence-electron chi connectivity index (χ1n) is 12.8. The molecule has 2 aromatic heterocycles. The molecule has 1 atom stereocenters. The number of alkyl halides is 6. The highest BCUT2D eigenvalue weighted by Gasteiger charge is 2.49. The zero-order valence-corrected chi connectivity index (χ0v) is 23.9. The third kappa shape index (κ3) is 6.81. The highest BCUT2D eigenvalue weighted by atomic mass is 32.2. The van der Waals surface area contributed by atoms with Crippen LogP contribution in [0.5, 0.6) is 5.75 Å². The summed E-state index contributed by atoms with van der Waals surface area (Å²) in [6.45, 7) is 1.50. The number of halogens is 6. The van der Waals surface area contributed by atoms with Gasteiger partial charge in [-0.15, -0.1) is 11.3 Å². The molecule has 0 radical (unpaired) electrons. The summed E-state index contributed by atoms with van der Waals surface area (Å²) in [6, 6.07) is 4.89. The topological polar surface area (TPSA) is 113 Å². The lowest BCUT2D eigenvalue weighted by Crippen LogP contribution is -2.40. The molecule has 3 aromatic rings. The smallest absolute Gasteiger partial charge is 0.376 e. The molecule has 0 saturated carbocycles. The van der Waals surface area contributed by atoms with Gasteiger partial charge < -0.3 is 18.6 Å². The number of thiazole rings is 1. The first kappa shape index (κ1) is 31.2. The summed E-state index contributed by atoms with van der Waals surface area (Å²) in [5, 5.41) is 5.99. The number of amides is 1. The van der Waals surface area contributed by atoms with E-state index in [1.54, 1.807) is 16.3 Å². The van der Waals surface area contributed by atoms with E-state index < -0.39 is 39.5 Å². The number of carbonyl (C=O) groups is 1. The molecule has 2 aliphatic heterocycles. The number of likely N-dealkylation sites (tertiary alicyclic amines) is 1. The zero-order valence-electron chi connectivity index (χ0n) is 22.3. The molecule has 4 heterocycles. The van der Waals surface area contributed by atoms with Crippen LogP contribution in [-0.2, 0) is 50.3 Å². The summed E-state index contributed by atoms with van der Waals surface area (Å²) in [5.41, 5.74) is -5.50. The molecule has 234 valence electrons. The quantitative estimate of drug-likeness (QED) is 0.206. The summed E-state index contributed by atoms with van der Waals surface area (Å²) in [6.07, 6.45) is -4.45. The molecule has 1 unspecified atom stereocenters. The fourth-order valence-electron chi connectivity index (χ4n) is 4.71. The number of benzene rings is 1. The van der Waals surface area contributed by atoms with Gasteiger partial charge in [-0.1, -0.05) is 12.1 Å². The Bertz CT molecular complexity index is 1600. The van der Waals surface area contributed by atoms with Crippen LogP contribution in [0.1, 0.15) is 58.3 Å². The van der Waals surface area contributed by atoms with Gasteiger partial charge in [0.2, 0.25) is 12.2 Å². The van der Waals surface area contributed by atoms with E-state index in [2.05, 4.69) is 14.3 Å². The molecule has 2 aliphatic rings. The largest absolute Gasteiger partial charge is 0.534 e. The molecule has 1 amide bonds. The molecule has 0 bridgehead atoms. The maximum Gasteiger partial charge on any atom is 0.534 e. The molecule has 0 aliphatic carbocycles. The summed E-state index contributed by atoms with van der Waals surface area (Å²) >= 11 is 1.35. The Kier molecular flexibility index (Phi) is 8.49. The van der Waals surface area contributed by atoms with Gasteiger partial charge in [-0.25, -0.2) is 4.98 Å². The van der Waals surface area contributed by atoms with Crippen LogP contribution >= 0.6 is 11.3 Å². The van der Waals surface area contributed by atoms with Gasteiger partial charge in [-0.2, -0.15) is 39.9 Å². The van der Waals surface area contributed by atoms with Crippen molar-refractivity contribution >= 4 is 27.4 Å². The molecule has 0 spiro atoms. The minimum atomic E-state index is -5.88. The van der Waals surface area contributed by atoms with Crippen molar-refractivity contribution < 1.29 is 53.2 Å². The third-order valence-corrected chi connectivity index (χ3v) is 9.01. The fraction of sp³-hybridized carbons (Fsp3) is 0.480. The van der Waals surface area contributed by atoms with Crippen LogP contribution in [0.15, 0.2) is 29.6 Å². The van der Waals surface area contributed by atoms with Crippen molar-refractivity contribution in [1.29, 1.82) is 0 Å². The SMILES string of the molecule is Cc1cc(C(F)(F)F)nn1CC(=O)N1CCC(c2nc(C3OCc4cccc(OS(=O)(=O)C(F)(F)F)c4CO3)cs2)CC1. The minimum Gasteiger partial charge on any atom is -0.376 e. The number of aromatic nitrogens is 3. The Labute approximate surface area is 245 Å². The standard InChI is InChI=1S/C25H24F6N4O6S2/c1-14-9-20(24(26,27)28)33-35(14)10-21(36)34-7-5-15(6-8-34)22-32-18(13-42-22)23-39-11-16-3-2-4-19(17(16)12-40-23)41-43(37,38)25(29,30)31/h2-4,9,13,15,23H,5-8,10-12H2,1H3. The number of carbonyl (C=O) groups excluding carboxylic acids is 1. The second-order valence-corrected chi connectivity index (χ2v) is 12.4. The molecular weight excluding hydrogens is 630 g/mol. The van der Waals surface area contributed by atoms with E-state index in [0.717, 1.165) is 21.8 Å². The number of hydrogen-bond donors (Lipinski definition) is 0. The van der Waals surface area contributed by atoms with Crippen LogP contribution in [0.25, 0.3) is 0 Å². The number of hydrogen-bond acceptors (Lipinski definition) is 9. The fourth-order valence-corrected chi connectivity index (χ4v) is 6.18. The van der Waals surface area contributed by atoms with Crippen molar-refractivity contribution in [2.45, 2.75) is 63.4 Å². The molecule has 5 rings (SSSR count). The Balaban J connectivity index is 1.18. The van der Waals surface area contributed by atoms with Crippen LogP contribution in [0, 0.1) is 6.92 Å². The first-order chi connectivity index (χ1) is 20.1. The molecule has 1 aromatic carbocycles. The second-order valence-electron chi connectivity index (χ2n) is 9.92. The molecule has 0 N–H and O–H groups in total. The van der Waals surface area contributed by atoms with Crippen LogP contribution < -0.4 is 4.18 Å². The molecule has 1 fully saturated rings. The summed E-state index contributed by atoms with van der Waals surface area (Å²) < 4.78 is 117. The van der Waals surface area contributed by atoms with Crippen molar-refractivity contribution in [1.82, 2.24) is 19.7 Å². The van der Waals surface area contributed by atoms with E-state index in [1.165, 1.54) is 24.3 Å². The van der Waals surface area contributed by atoms with E-state index >= 15 is 0 Å². The van der Waals surface area contributed by atoms with Crippen molar-refractivity contribution in [3.63, 3.8) is 0 Å². The van der Waals surface area contributed by atoms with Gasteiger partial charge in [0.05, 0.1) is 18.2 Å². The Morgan fingerprint density at radius 3 is 2.47 bits per heavy atom. The zero-order chi connectivity index (χ0) is 31.2. The van der Waals surface area contributed by atoms with Gasteiger partial charge in [0, 0.05) is 35.6 Å². The van der Waals surface area contributed by atoms with E-state index in [4.69, 9.17) is 9.47 Å². The Morgan fingerprint density at radius 2 is 1.81 bits per heavy atom. The first-order valence-corrected chi connectivity index (χ1v) is 15.1. The van der Waals surface area contributed by atoms with Gasteiger partial charge in [0.1, 0.15) is 18.0 Å². The van der Waals surface area contributed by atoms with Gasteiger partial charge in [0.25, 0.3) is 0 Å². The van der Waals surface area contributed by atoms with Crippen LogP contribution in [-0.4, -0.2) is 52.6 Å². The molecule has 10 nitrogen and oxygen atoms in total. The number of ether oxygens (including phenoxy) is 2. The number of rotatable bonds is 6. The summed E-state index contributed by atoms with van der Waals surface area (Å²) in [4.78, 5) is 18.9. The lowest BCUT2D eigenvalue weighted by molar-refractivity contribution is -0.155. The average molecular weight is 655 g/mol. The van der Waals surface area contributed by atoms with E-state index in [1.807, 2.05) is 0 Å². The normalized spacial score (nSPS) is 18.8. The lowest BCUT2D eigenvalue weighted by Gasteiger charge is -2.31. The predicted octanol–water partition coefficient (Wildman–Crippen LogP) is 5.05. The van der Waals surface area contributed by atoms with E-state index in [9.17, 15) is 39.6 Å². The monoisotopic (exact) mass is 654 g/mol. The van der Waals surface area contributed by atoms with Gasteiger partial charge in [-0.3, -0.25) is 9.48 Å². The minimum absolute atomic E-state index is 0.00150. The molecule has 43 heavy (non-hydrogen) atoms. The van der Waals surface area contributed by atoms with Crippen LogP contribution in [0.3, 0.4) is 0 Å². The Morgan fingerprint density at radius 1 is 1.12 bits per heavy atom. The van der Waals surface area contributed by atoms with Crippen molar-refractivity contribution in [2.75, 3.05) is 13.1 Å². The number of aryl methyl sites for hydroxylation is 1. The maximum atomic E-state index is 12.9.